The minimum atomic E-state index is 0.223. The largest absolute Gasteiger partial charge is 0.329 e. The highest BCUT2D eigenvalue weighted by Gasteiger charge is 2.41. The summed E-state index contributed by atoms with van der Waals surface area (Å²) >= 11 is 1.86. The minimum absolute atomic E-state index is 0.223. The first-order chi connectivity index (χ1) is 9.91. The van der Waals surface area contributed by atoms with Crippen LogP contribution in [-0.4, -0.2) is 23.5 Å². The monoisotopic (exact) mass is 308 g/mol. The van der Waals surface area contributed by atoms with Gasteiger partial charge in [-0.25, -0.2) is 0 Å². The summed E-state index contributed by atoms with van der Waals surface area (Å²) in [5, 5.41) is 2.18. The molecule has 0 unspecified atom stereocenters. The van der Waals surface area contributed by atoms with Gasteiger partial charge >= 0.3 is 0 Å². The molecule has 1 aromatic heterocycles. The highest BCUT2D eigenvalue weighted by molar-refractivity contribution is 7.09. The molecule has 2 nitrogen and oxygen atoms in total. The summed E-state index contributed by atoms with van der Waals surface area (Å²) in [6, 6.07) is 4.40. The fourth-order valence-corrected chi connectivity index (χ4v) is 4.60. The zero-order valence-corrected chi connectivity index (χ0v) is 15.0. The summed E-state index contributed by atoms with van der Waals surface area (Å²) in [6.45, 7) is 12.4. The first-order valence-electron chi connectivity index (χ1n) is 8.39. The molecule has 1 aliphatic rings. The van der Waals surface area contributed by atoms with Crippen molar-refractivity contribution >= 4 is 11.3 Å². The quantitative estimate of drug-likeness (QED) is 0.867. The number of nitrogens with two attached hydrogens (primary N) is 1. The van der Waals surface area contributed by atoms with E-state index >= 15 is 0 Å². The second kappa shape index (κ2) is 6.80. The predicted octanol–water partition coefficient (Wildman–Crippen LogP) is 4.50. The lowest BCUT2D eigenvalue weighted by atomic mass is 9.67. The van der Waals surface area contributed by atoms with E-state index in [1.54, 1.807) is 0 Å². The molecule has 0 spiro atoms. The number of nitrogens with zero attached hydrogens (tertiary/aromatic N) is 1. The molecule has 0 atom stereocenters. The van der Waals surface area contributed by atoms with Gasteiger partial charge in [0.2, 0.25) is 0 Å². The van der Waals surface area contributed by atoms with Crippen LogP contribution in [0.3, 0.4) is 0 Å². The molecule has 2 rings (SSSR count). The third-order valence-corrected chi connectivity index (χ3v) is 6.36. The van der Waals surface area contributed by atoms with Crippen LogP contribution < -0.4 is 5.73 Å². The van der Waals surface area contributed by atoms with Gasteiger partial charge in [-0.3, -0.25) is 4.90 Å². The van der Waals surface area contributed by atoms with Crippen LogP contribution >= 0.6 is 11.3 Å². The summed E-state index contributed by atoms with van der Waals surface area (Å²) in [4.78, 5) is 4.10. The van der Waals surface area contributed by atoms with Crippen LogP contribution in [-0.2, 0) is 6.54 Å². The van der Waals surface area contributed by atoms with Gasteiger partial charge in [-0.1, -0.05) is 33.8 Å². The maximum Gasteiger partial charge on any atom is 0.0335 e. The van der Waals surface area contributed by atoms with Gasteiger partial charge in [0.1, 0.15) is 0 Å². The summed E-state index contributed by atoms with van der Waals surface area (Å²) in [6.07, 6.45) is 5.15. The molecule has 120 valence electrons. The minimum Gasteiger partial charge on any atom is -0.329 e. The van der Waals surface area contributed by atoms with Crippen molar-refractivity contribution in [2.24, 2.45) is 17.1 Å². The molecular formula is C18H32N2S. The molecule has 0 aliphatic heterocycles. The van der Waals surface area contributed by atoms with Crippen LogP contribution in [0.15, 0.2) is 17.5 Å². The molecule has 0 radical (unpaired) electrons. The topological polar surface area (TPSA) is 29.3 Å². The molecule has 3 heteroatoms. The van der Waals surface area contributed by atoms with Crippen LogP contribution in [0.25, 0.3) is 0 Å². The smallest absolute Gasteiger partial charge is 0.0335 e. The van der Waals surface area contributed by atoms with Gasteiger partial charge in [-0.15, -0.1) is 11.3 Å². The van der Waals surface area contributed by atoms with Crippen molar-refractivity contribution in [2.75, 3.05) is 13.1 Å². The standard InChI is InChI=1S/C18H32N2S/c1-5-20(13-16-7-6-12-21-16)18(14-19)10-8-15(9-11-18)17(2,3)4/h6-7,12,15H,5,8-11,13-14,19H2,1-4H3. The zero-order chi connectivity index (χ0) is 15.5. The summed E-state index contributed by atoms with van der Waals surface area (Å²) in [5.41, 5.74) is 6.92. The number of hydrogen-bond acceptors (Lipinski definition) is 3. The Morgan fingerprint density at radius 1 is 1.33 bits per heavy atom. The predicted molar refractivity (Wildman–Crippen MR) is 93.6 cm³/mol. The second-order valence-corrected chi connectivity index (χ2v) is 8.69. The summed E-state index contributed by atoms with van der Waals surface area (Å²) in [7, 11) is 0. The first kappa shape index (κ1) is 17.0. The molecule has 1 aromatic rings. The lowest BCUT2D eigenvalue weighted by Gasteiger charge is -2.49. The Morgan fingerprint density at radius 3 is 2.43 bits per heavy atom. The molecule has 1 fully saturated rings. The van der Waals surface area contributed by atoms with Gasteiger partial charge in [-0.05, 0) is 55.0 Å². The number of rotatable bonds is 5. The van der Waals surface area contributed by atoms with Crippen LogP contribution in [0.1, 0.15) is 58.3 Å². The average Bonchev–Trinajstić information content (AvgIpc) is 2.97. The Balaban J connectivity index is 2.07. The molecule has 2 N–H and O–H groups in total. The van der Waals surface area contributed by atoms with E-state index in [0.29, 0.717) is 5.41 Å². The molecule has 0 saturated heterocycles. The Kier molecular flexibility index (Phi) is 5.50. The van der Waals surface area contributed by atoms with Crippen molar-refractivity contribution in [3.63, 3.8) is 0 Å². The van der Waals surface area contributed by atoms with Crippen molar-refractivity contribution in [1.29, 1.82) is 0 Å². The van der Waals surface area contributed by atoms with Crippen molar-refractivity contribution in [3.8, 4) is 0 Å². The molecule has 21 heavy (non-hydrogen) atoms. The number of hydrogen-bond donors (Lipinski definition) is 1. The van der Waals surface area contributed by atoms with Gasteiger partial charge in [0.25, 0.3) is 0 Å². The Morgan fingerprint density at radius 2 is 2.00 bits per heavy atom. The van der Waals surface area contributed by atoms with Crippen LogP contribution in [0, 0.1) is 11.3 Å². The maximum absolute atomic E-state index is 6.26. The highest BCUT2D eigenvalue weighted by Crippen LogP contribution is 2.43. The van der Waals surface area contributed by atoms with Crippen LogP contribution in [0.5, 0.6) is 0 Å². The highest BCUT2D eigenvalue weighted by atomic mass is 32.1. The molecule has 1 aliphatic carbocycles. The van der Waals surface area contributed by atoms with E-state index in [0.717, 1.165) is 25.6 Å². The molecule has 0 bridgehead atoms. The maximum atomic E-state index is 6.26. The molecule has 0 amide bonds. The summed E-state index contributed by atoms with van der Waals surface area (Å²) < 4.78 is 0. The van der Waals surface area contributed by atoms with Gasteiger partial charge in [0.05, 0.1) is 0 Å². The Hall–Kier alpha value is -0.380. The van der Waals surface area contributed by atoms with E-state index in [1.807, 2.05) is 11.3 Å². The van der Waals surface area contributed by atoms with Crippen LogP contribution in [0.2, 0.25) is 0 Å². The molecule has 1 heterocycles. The van der Waals surface area contributed by atoms with E-state index in [4.69, 9.17) is 5.73 Å². The van der Waals surface area contributed by atoms with Gasteiger partial charge in [0, 0.05) is 23.5 Å². The first-order valence-corrected chi connectivity index (χ1v) is 9.27. The number of likely N-dealkylation sites (N-methyl/N-ethyl adjacent to an activating group) is 1. The van der Waals surface area contributed by atoms with E-state index in [1.165, 1.54) is 30.6 Å². The Bertz CT molecular complexity index is 411. The normalized spacial score (nSPS) is 27.2. The average molecular weight is 309 g/mol. The fraction of sp³-hybridized carbons (Fsp3) is 0.778. The lowest BCUT2D eigenvalue weighted by molar-refractivity contribution is 0.0195. The van der Waals surface area contributed by atoms with Gasteiger partial charge in [-0.2, -0.15) is 0 Å². The van der Waals surface area contributed by atoms with E-state index < -0.39 is 0 Å². The lowest BCUT2D eigenvalue weighted by Crippen LogP contribution is -2.55. The van der Waals surface area contributed by atoms with Crippen molar-refractivity contribution < 1.29 is 0 Å². The van der Waals surface area contributed by atoms with E-state index in [-0.39, 0.29) is 5.54 Å². The Labute approximate surface area is 134 Å². The fourth-order valence-electron chi connectivity index (χ4n) is 3.88. The van der Waals surface area contributed by atoms with Gasteiger partial charge in [0.15, 0.2) is 0 Å². The molecular weight excluding hydrogens is 276 g/mol. The van der Waals surface area contributed by atoms with E-state index in [2.05, 4.69) is 50.1 Å². The second-order valence-electron chi connectivity index (χ2n) is 7.66. The van der Waals surface area contributed by atoms with Crippen LogP contribution in [0.4, 0.5) is 0 Å². The molecule has 1 saturated carbocycles. The molecule has 0 aromatic carbocycles. The van der Waals surface area contributed by atoms with Crippen molar-refractivity contribution in [1.82, 2.24) is 4.90 Å². The van der Waals surface area contributed by atoms with Crippen molar-refractivity contribution in [2.45, 2.75) is 65.5 Å². The number of thiophene rings is 1. The van der Waals surface area contributed by atoms with E-state index in [9.17, 15) is 0 Å². The summed E-state index contributed by atoms with van der Waals surface area (Å²) in [5.74, 6) is 0.845. The van der Waals surface area contributed by atoms with Gasteiger partial charge < -0.3 is 5.73 Å². The third-order valence-electron chi connectivity index (χ3n) is 5.50. The SMILES string of the molecule is CCN(Cc1cccs1)C1(CN)CCC(C(C)(C)C)CC1. The third kappa shape index (κ3) is 3.88. The zero-order valence-electron chi connectivity index (χ0n) is 14.2. The van der Waals surface area contributed by atoms with Crippen molar-refractivity contribution in [3.05, 3.63) is 22.4 Å².